The lowest BCUT2D eigenvalue weighted by Crippen LogP contribution is -2.52. The molecule has 1 aliphatic rings. The average molecular weight is 251 g/mol. The van der Waals surface area contributed by atoms with E-state index in [1.165, 1.54) is 6.07 Å². The van der Waals surface area contributed by atoms with Gasteiger partial charge in [0.25, 0.3) is 0 Å². The van der Waals surface area contributed by atoms with E-state index in [9.17, 15) is 4.39 Å². The van der Waals surface area contributed by atoms with Crippen molar-refractivity contribution in [2.75, 3.05) is 31.1 Å². The van der Waals surface area contributed by atoms with Crippen LogP contribution in [0, 0.1) is 5.82 Å². The van der Waals surface area contributed by atoms with Crippen LogP contribution in [0.2, 0.25) is 0 Å². The number of benzene rings is 1. The van der Waals surface area contributed by atoms with E-state index in [1.807, 2.05) is 6.07 Å². The molecule has 1 aromatic carbocycles. The summed E-state index contributed by atoms with van der Waals surface area (Å²) in [4.78, 5) is 4.69. The number of nitrogens with zero attached hydrogens (tertiary/aromatic N) is 2. The molecule has 0 aliphatic carbocycles. The van der Waals surface area contributed by atoms with Crippen molar-refractivity contribution in [1.29, 1.82) is 0 Å². The molecule has 1 heterocycles. The number of piperazine rings is 1. The van der Waals surface area contributed by atoms with Crippen LogP contribution in [0.1, 0.15) is 19.4 Å². The van der Waals surface area contributed by atoms with Gasteiger partial charge in [-0.2, -0.15) is 0 Å². The Hall–Kier alpha value is -1.13. The van der Waals surface area contributed by atoms with Crippen molar-refractivity contribution in [3.05, 3.63) is 29.6 Å². The molecule has 1 aliphatic heterocycles. The quantitative estimate of drug-likeness (QED) is 0.889. The van der Waals surface area contributed by atoms with Crippen LogP contribution < -0.4 is 10.6 Å². The summed E-state index contributed by atoms with van der Waals surface area (Å²) < 4.78 is 13.7. The molecule has 18 heavy (non-hydrogen) atoms. The number of nitrogens with two attached hydrogens (primary N) is 1. The SMILES string of the molecule is CCN1CCN(c2cccc(F)c2CN)CC1C. The van der Waals surface area contributed by atoms with Gasteiger partial charge in [-0.25, -0.2) is 4.39 Å². The van der Waals surface area contributed by atoms with Crippen LogP contribution in [0.25, 0.3) is 0 Å². The van der Waals surface area contributed by atoms with Gasteiger partial charge in [-0.15, -0.1) is 0 Å². The average Bonchev–Trinajstić information content (AvgIpc) is 2.38. The maximum atomic E-state index is 13.7. The lowest BCUT2D eigenvalue weighted by Gasteiger charge is -2.41. The highest BCUT2D eigenvalue weighted by Crippen LogP contribution is 2.25. The number of hydrogen-bond donors (Lipinski definition) is 1. The third-order valence-electron chi connectivity index (χ3n) is 3.81. The standard InChI is InChI=1S/C14H22FN3/c1-3-17-7-8-18(10-11(17)2)14-6-4-5-13(15)12(14)9-16/h4-6,11H,3,7-10,16H2,1-2H3. The number of rotatable bonds is 3. The van der Waals surface area contributed by atoms with E-state index < -0.39 is 0 Å². The van der Waals surface area contributed by atoms with Gasteiger partial charge in [0.2, 0.25) is 0 Å². The predicted octanol–water partition coefficient (Wildman–Crippen LogP) is 1.81. The molecule has 1 atom stereocenters. The van der Waals surface area contributed by atoms with Crippen LogP contribution in [-0.4, -0.2) is 37.1 Å². The largest absolute Gasteiger partial charge is 0.368 e. The van der Waals surface area contributed by atoms with Gasteiger partial charge in [-0.1, -0.05) is 13.0 Å². The van der Waals surface area contributed by atoms with Crippen LogP contribution in [0.3, 0.4) is 0 Å². The predicted molar refractivity (Wildman–Crippen MR) is 73.2 cm³/mol. The highest BCUT2D eigenvalue weighted by atomic mass is 19.1. The maximum absolute atomic E-state index is 13.7. The summed E-state index contributed by atoms with van der Waals surface area (Å²) in [5.41, 5.74) is 7.26. The van der Waals surface area contributed by atoms with E-state index >= 15 is 0 Å². The summed E-state index contributed by atoms with van der Waals surface area (Å²) in [5, 5.41) is 0. The fourth-order valence-corrected chi connectivity index (χ4v) is 2.73. The molecule has 0 bridgehead atoms. The highest BCUT2D eigenvalue weighted by Gasteiger charge is 2.24. The minimum Gasteiger partial charge on any atom is -0.368 e. The molecule has 100 valence electrons. The Labute approximate surface area is 108 Å². The van der Waals surface area contributed by atoms with E-state index in [2.05, 4.69) is 23.6 Å². The molecule has 1 unspecified atom stereocenters. The van der Waals surface area contributed by atoms with E-state index in [1.54, 1.807) is 6.07 Å². The van der Waals surface area contributed by atoms with Crippen LogP contribution in [0.4, 0.5) is 10.1 Å². The van der Waals surface area contributed by atoms with Crippen molar-refractivity contribution in [3.63, 3.8) is 0 Å². The Morgan fingerprint density at radius 3 is 2.78 bits per heavy atom. The fraction of sp³-hybridized carbons (Fsp3) is 0.571. The molecule has 0 radical (unpaired) electrons. The second-order valence-electron chi connectivity index (χ2n) is 4.87. The van der Waals surface area contributed by atoms with Crippen molar-refractivity contribution in [3.8, 4) is 0 Å². The van der Waals surface area contributed by atoms with E-state index in [0.717, 1.165) is 31.9 Å². The van der Waals surface area contributed by atoms with Crippen LogP contribution in [0.5, 0.6) is 0 Å². The van der Waals surface area contributed by atoms with Crippen molar-refractivity contribution >= 4 is 5.69 Å². The maximum Gasteiger partial charge on any atom is 0.129 e. The summed E-state index contributed by atoms with van der Waals surface area (Å²) >= 11 is 0. The van der Waals surface area contributed by atoms with Crippen molar-refractivity contribution in [2.24, 2.45) is 5.73 Å². The molecule has 0 aromatic heterocycles. The summed E-state index contributed by atoms with van der Waals surface area (Å²) in [6, 6.07) is 5.72. The molecular weight excluding hydrogens is 229 g/mol. The third kappa shape index (κ3) is 2.49. The molecule has 1 aromatic rings. The molecule has 3 nitrogen and oxygen atoms in total. The zero-order chi connectivity index (χ0) is 13.1. The van der Waals surface area contributed by atoms with Gasteiger partial charge in [0.15, 0.2) is 0 Å². The number of likely N-dealkylation sites (N-methyl/N-ethyl adjacent to an activating group) is 1. The molecule has 0 saturated carbocycles. The summed E-state index contributed by atoms with van der Waals surface area (Å²) in [6.07, 6.45) is 0. The van der Waals surface area contributed by atoms with Gasteiger partial charge in [-0.3, -0.25) is 4.90 Å². The smallest absolute Gasteiger partial charge is 0.129 e. The first-order valence-electron chi connectivity index (χ1n) is 6.63. The molecule has 4 heteroatoms. The number of hydrogen-bond acceptors (Lipinski definition) is 3. The molecule has 1 saturated heterocycles. The lowest BCUT2D eigenvalue weighted by atomic mass is 10.1. The number of halogens is 1. The Morgan fingerprint density at radius 1 is 1.39 bits per heavy atom. The van der Waals surface area contributed by atoms with Crippen LogP contribution >= 0.6 is 0 Å². The van der Waals surface area contributed by atoms with Crippen LogP contribution in [-0.2, 0) is 6.54 Å². The Balaban J connectivity index is 2.20. The molecule has 0 amide bonds. The van der Waals surface area contributed by atoms with Gasteiger partial charge in [-0.05, 0) is 25.6 Å². The van der Waals surface area contributed by atoms with E-state index in [-0.39, 0.29) is 12.4 Å². The normalized spacial score (nSPS) is 21.3. The Kier molecular flexibility index (Phi) is 4.19. The minimum absolute atomic E-state index is 0.194. The fourth-order valence-electron chi connectivity index (χ4n) is 2.73. The van der Waals surface area contributed by atoms with E-state index in [0.29, 0.717) is 11.6 Å². The molecule has 2 N–H and O–H groups in total. The first-order chi connectivity index (χ1) is 8.67. The first kappa shape index (κ1) is 13.3. The molecular formula is C14H22FN3. The van der Waals surface area contributed by atoms with Gasteiger partial charge < -0.3 is 10.6 Å². The second-order valence-corrected chi connectivity index (χ2v) is 4.87. The van der Waals surface area contributed by atoms with Crippen molar-refractivity contribution in [1.82, 2.24) is 4.90 Å². The Morgan fingerprint density at radius 2 is 2.17 bits per heavy atom. The van der Waals surface area contributed by atoms with Crippen LogP contribution in [0.15, 0.2) is 18.2 Å². The Bertz CT molecular complexity index is 408. The summed E-state index contributed by atoms with van der Waals surface area (Å²) in [6.45, 7) is 8.63. The molecule has 0 spiro atoms. The zero-order valence-electron chi connectivity index (χ0n) is 11.2. The summed E-state index contributed by atoms with van der Waals surface area (Å²) in [5.74, 6) is -0.194. The molecule has 2 rings (SSSR count). The third-order valence-corrected chi connectivity index (χ3v) is 3.81. The van der Waals surface area contributed by atoms with Gasteiger partial charge in [0.1, 0.15) is 5.82 Å². The minimum atomic E-state index is -0.194. The highest BCUT2D eigenvalue weighted by molar-refractivity contribution is 5.54. The monoisotopic (exact) mass is 251 g/mol. The zero-order valence-corrected chi connectivity index (χ0v) is 11.2. The van der Waals surface area contributed by atoms with Gasteiger partial charge >= 0.3 is 0 Å². The van der Waals surface area contributed by atoms with Gasteiger partial charge in [0.05, 0.1) is 0 Å². The number of anilines is 1. The lowest BCUT2D eigenvalue weighted by molar-refractivity contribution is 0.199. The topological polar surface area (TPSA) is 32.5 Å². The van der Waals surface area contributed by atoms with Gasteiger partial charge in [0, 0.05) is 43.5 Å². The first-order valence-corrected chi connectivity index (χ1v) is 6.63. The second kappa shape index (κ2) is 5.67. The van der Waals surface area contributed by atoms with Crippen molar-refractivity contribution < 1.29 is 4.39 Å². The molecule has 1 fully saturated rings. The summed E-state index contributed by atoms with van der Waals surface area (Å²) in [7, 11) is 0. The van der Waals surface area contributed by atoms with E-state index in [4.69, 9.17) is 5.73 Å². The van der Waals surface area contributed by atoms with Crippen molar-refractivity contribution in [2.45, 2.75) is 26.4 Å².